The molecule has 3 aromatic heterocycles. The molecule has 7 aromatic carbocycles. The fraction of sp³-hybridized carbons (Fsp3) is 0. The van der Waals surface area contributed by atoms with Crippen molar-refractivity contribution in [3.05, 3.63) is 162 Å². The third-order valence-electron chi connectivity index (χ3n) is 10.1. The molecule has 0 aliphatic carbocycles. The molecule has 51 heavy (non-hydrogen) atoms. The van der Waals surface area contributed by atoms with Crippen LogP contribution in [0, 0.1) is 34.0 Å². The monoisotopic (exact) mass is 648 g/mol. The van der Waals surface area contributed by atoms with E-state index in [2.05, 4.69) is 117 Å². The molecule has 0 atom stereocenters. The molecule has 10 aromatic rings. The molecule has 0 N–H and O–H groups in total. The second kappa shape index (κ2) is 10.7. The summed E-state index contributed by atoms with van der Waals surface area (Å²) >= 11 is 0. The number of fused-ring (bicyclic) bond motifs is 9. The Hall–Kier alpha value is -7.59. The van der Waals surface area contributed by atoms with Gasteiger partial charge in [0.05, 0.1) is 68.0 Å². The summed E-state index contributed by atoms with van der Waals surface area (Å²) in [5.74, 6) is 0. The van der Waals surface area contributed by atoms with Crippen LogP contribution in [0.15, 0.2) is 146 Å². The molecular weight excluding hydrogens is 625 g/mol. The van der Waals surface area contributed by atoms with Crippen molar-refractivity contribution >= 4 is 65.4 Å². The van der Waals surface area contributed by atoms with Crippen LogP contribution in [0.5, 0.6) is 0 Å². The molecule has 0 saturated carbocycles. The number of hydrogen-bond acceptors (Lipinski definition) is 3. The zero-order valence-corrected chi connectivity index (χ0v) is 27.0. The predicted molar refractivity (Wildman–Crippen MR) is 204 cm³/mol. The molecule has 3 heterocycles. The lowest BCUT2D eigenvalue weighted by Crippen LogP contribution is -1.99. The smallest absolute Gasteiger partial charge is 0.0991 e. The number of hydrogen-bond donors (Lipinski definition) is 0. The van der Waals surface area contributed by atoms with E-state index in [-0.39, 0.29) is 0 Å². The van der Waals surface area contributed by atoms with Gasteiger partial charge in [-0.15, -0.1) is 0 Å². The van der Waals surface area contributed by atoms with Gasteiger partial charge < -0.3 is 13.7 Å². The summed E-state index contributed by atoms with van der Waals surface area (Å²) < 4.78 is 6.81. The fourth-order valence-electron chi connectivity index (χ4n) is 7.90. The van der Waals surface area contributed by atoms with Crippen LogP contribution < -0.4 is 0 Å². The van der Waals surface area contributed by atoms with Crippen LogP contribution in [-0.2, 0) is 0 Å². The standard InChI is InChI=1S/C45H24N6/c46-25-28-13-16-41-35(19-28)36-20-29(26-47)14-17-42(36)50(41)32-9-6-10-33(22-32)51-43-18-15-30(27-48)21-37(43)39-23-38-34-11-4-5-12-40(34)49(44(38)24-45(39)51)31-7-2-1-3-8-31/h1-24H. The molecule has 0 saturated heterocycles. The summed E-state index contributed by atoms with van der Waals surface area (Å²) in [6.45, 7) is 0. The van der Waals surface area contributed by atoms with Gasteiger partial charge in [0, 0.05) is 49.4 Å². The SMILES string of the molecule is N#Cc1ccc2c(c1)c1cc(C#N)ccc1n2-c1cccc(-n2c3ccc(C#N)cc3c3cc4c5ccccc5n(-c5ccccc5)c4cc32)c1. The first-order chi connectivity index (χ1) is 25.1. The topological polar surface area (TPSA) is 86.2 Å². The molecule has 0 radical (unpaired) electrons. The van der Waals surface area contributed by atoms with Gasteiger partial charge in [-0.1, -0.05) is 42.5 Å². The number of nitriles is 3. The third kappa shape index (κ3) is 4.07. The number of benzene rings is 7. The zero-order valence-electron chi connectivity index (χ0n) is 27.0. The number of rotatable bonds is 3. The lowest BCUT2D eigenvalue weighted by molar-refractivity contribution is 1.13. The first-order valence-electron chi connectivity index (χ1n) is 16.6. The number of para-hydroxylation sites is 2. The predicted octanol–water partition coefficient (Wildman–Crippen LogP) is 10.6. The van der Waals surface area contributed by atoms with Gasteiger partial charge in [0.2, 0.25) is 0 Å². The second-order valence-corrected chi connectivity index (χ2v) is 12.8. The van der Waals surface area contributed by atoms with Gasteiger partial charge in [-0.2, -0.15) is 15.8 Å². The van der Waals surface area contributed by atoms with Gasteiger partial charge >= 0.3 is 0 Å². The lowest BCUT2D eigenvalue weighted by atomic mass is 10.1. The summed E-state index contributed by atoms with van der Waals surface area (Å²) in [7, 11) is 0. The maximum Gasteiger partial charge on any atom is 0.0991 e. The van der Waals surface area contributed by atoms with Crippen molar-refractivity contribution < 1.29 is 0 Å². The minimum absolute atomic E-state index is 0.568. The molecule has 0 spiro atoms. The Morgan fingerprint density at radius 3 is 1.25 bits per heavy atom. The quantitative estimate of drug-likeness (QED) is 0.191. The van der Waals surface area contributed by atoms with Crippen molar-refractivity contribution in [2.45, 2.75) is 0 Å². The summed E-state index contributed by atoms with van der Waals surface area (Å²) in [5.41, 5.74) is 10.9. The van der Waals surface area contributed by atoms with Crippen LogP contribution in [0.4, 0.5) is 0 Å². The van der Waals surface area contributed by atoms with E-state index < -0.39 is 0 Å². The second-order valence-electron chi connectivity index (χ2n) is 12.8. The first-order valence-corrected chi connectivity index (χ1v) is 16.6. The highest BCUT2D eigenvalue weighted by Gasteiger charge is 2.20. The highest BCUT2D eigenvalue weighted by Crippen LogP contribution is 2.41. The molecule has 10 rings (SSSR count). The Bertz CT molecular complexity index is 3150. The van der Waals surface area contributed by atoms with Crippen molar-refractivity contribution in [1.82, 2.24) is 13.7 Å². The molecule has 6 nitrogen and oxygen atoms in total. The van der Waals surface area contributed by atoms with Crippen LogP contribution >= 0.6 is 0 Å². The van der Waals surface area contributed by atoms with Crippen molar-refractivity contribution in [1.29, 1.82) is 15.8 Å². The van der Waals surface area contributed by atoms with Gasteiger partial charge in [0.1, 0.15) is 0 Å². The van der Waals surface area contributed by atoms with E-state index in [0.29, 0.717) is 16.7 Å². The van der Waals surface area contributed by atoms with Crippen LogP contribution in [0.3, 0.4) is 0 Å². The van der Waals surface area contributed by atoms with Gasteiger partial charge in [0.15, 0.2) is 0 Å². The Morgan fingerprint density at radius 1 is 0.294 bits per heavy atom. The molecule has 0 aliphatic rings. The van der Waals surface area contributed by atoms with Crippen molar-refractivity contribution in [3.8, 4) is 35.3 Å². The molecule has 0 amide bonds. The van der Waals surface area contributed by atoms with E-state index >= 15 is 0 Å². The van der Waals surface area contributed by atoms with E-state index in [0.717, 1.165) is 77.1 Å². The summed E-state index contributed by atoms with van der Waals surface area (Å²) in [5, 5.41) is 35.6. The number of nitrogens with zero attached hydrogens (tertiary/aromatic N) is 6. The van der Waals surface area contributed by atoms with Gasteiger partial charge in [-0.3, -0.25) is 0 Å². The summed E-state index contributed by atoms with van der Waals surface area (Å²) in [6.07, 6.45) is 0. The Labute approximate surface area is 291 Å². The van der Waals surface area contributed by atoms with Gasteiger partial charge in [-0.25, -0.2) is 0 Å². The minimum atomic E-state index is 0.568. The fourth-order valence-corrected chi connectivity index (χ4v) is 7.90. The highest BCUT2D eigenvalue weighted by atomic mass is 15.0. The minimum Gasteiger partial charge on any atom is -0.309 e. The number of aromatic nitrogens is 3. The van der Waals surface area contributed by atoms with Crippen LogP contribution in [0.1, 0.15) is 16.7 Å². The molecule has 234 valence electrons. The van der Waals surface area contributed by atoms with E-state index in [9.17, 15) is 15.8 Å². The molecule has 6 heteroatoms. The maximum atomic E-state index is 9.92. The van der Waals surface area contributed by atoms with Crippen LogP contribution in [-0.4, -0.2) is 13.7 Å². The molecule has 0 fully saturated rings. The third-order valence-corrected chi connectivity index (χ3v) is 10.1. The molecule has 0 aliphatic heterocycles. The Morgan fingerprint density at radius 2 is 0.706 bits per heavy atom. The average molecular weight is 649 g/mol. The molecule has 0 unspecified atom stereocenters. The Kier molecular flexibility index (Phi) is 5.97. The van der Waals surface area contributed by atoms with E-state index in [1.54, 1.807) is 0 Å². The molecule has 0 bridgehead atoms. The highest BCUT2D eigenvalue weighted by molar-refractivity contribution is 6.19. The van der Waals surface area contributed by atoms with Crippen molar-refractivity contribution in [2.24, 2.45) is 0 Å². The van der Waals surface area contributed by atoms with Crippen LogP contribution in [0.25, 0.3) is 82.5 Å². The van der Waals surface area contributed by atoms with Crippen molar-refractivity contribution in [2.75, 3.05) is 0 Å². The van der Waals surface area contributed by atoms with E-state index in [4.69, 9.17) is 0 Å². The largest absolute Gasteiger partial charge is 0.309 e. The zero-order chi connectivity index (χ0) is 34.2. The van der Waals surface area contributed by atoms with Gasteiger partial charge in [0.25, 0.3) is 0 Å². The summed E-state index contributed by atoms with van der Waals surface area (Å²) in [4.78, 5) is 0. The Balaban J connectivity index is 1.29. The molecular formula is C45H24N6. The lowest BCUT2D eigenvalue weighted by Gasteiger charge is -2.13. The summed E-state index contributed by atoms with van der Waals surface area (Å²) in [6, 6.07) is 56.2. The first kappa shape index (κ1) is 28.4. The maximum absolute atomic E-state index is 9.92. The van der Waals surface area contributed by atoms with Crippen LogP contribution in [0.2, 0.25) is 0 Å². The normalized spacial score (nSPS) is 11.5. The van der Waals surface area contributed by atoms with Gasteiger partial charge in [-0.05, 0) is 103 Å². The van der Waals surface area contributed by atoms with E-state index in [1.807, 2.05) is 60.7 Å². The average Bonchev–Trinajstić information content (AvgIpc) is 3.81. The van der Waals surface area contributed by atoms with E-state index in [1.165, 1.54) is 5.39 Å². The van der Waals surface area contributed by atoms with Crippen molar-refractivity contribution in [3.63, 3.8) is 0 Å².